The number of amides is 1. The summed E-state index contributed by atoms with van der Waals surface area (Å²) in [7, 11) is 0. The van der Waals surface area contributed by atoms with E-state index in [2.05, 4.69) is 48.0 Å². The highest BCUT2D eigenvalue weighted by Gasteiger charge is 2.31. The average molecular weight is 389 g/mol. The van der Waals surface area contributed by atoms with Crippen LogP contribution in [0.2, 0.25) is 0 Å². The molecule has 0 bridgehead atoms. The summed E-state index contributed by atoms with van der Waals surface area (Å²) in [6, 6.07) is 18.6. The molecule has 1 N–H and O–H groups in total. The van der Waals surface area contributed by atoms with Gasteiger partial charge in [-0.1, -0.05) is 24.3 Å². The van der Waals surface area contributed by atoms with Crippen molar-refractivity contribution in [1.29, 1.82) is 0 Å². The van der Waals surface area contributed by atoms with E-state index < -0.39 is 0 Å². The minimum Gasteiger partial charge on any atom is -0.363 e. The van der Waals surface area contributed by atoms with E-state index in [0.29, 0.717) is 12.0 Å². The number of carbonyl (C=O) groups excluding carboxylic acids is 1. The first kappa shape index (κ1) is 19.2. The standard InChI is InChI=1S/C24H27N3O2/c1-16-11-20-12-19(9-10-22(20)25-24(16)29)13-23(28)26-14-17(2)27(18(3)15-26)21-7-5-4-6-8-21/h4-12,17-18H,13-15H2,1-3H3,(H,25,29). The zero-order valence-electron chi connectivity index (χ0n) is 17.2. The van der Waals surface area contributed by atoms with Crippen LogP contribution in [0.4, 0.5) is 5.69 Å². The van der Waals surface area contributed by atoms with Gasteiger partial charge in [-0.2, -0.15) is 0 Å². The second kappa shape index (κ2) is 7.74. The molecule has 1 aliphatic rings. The molecule has 150 valence electrons. The number of carbonyl (C=O) groups is 1. The molecule has 0 radical (unpaired) electrons. The summed E-state index contributed by atoms with van der Waals surface area (Å²) in [5, 5.41) is 0.961. The van der Waals surface area contributed by atoms with Gasteiger partial charge in [0.1, 0.15) is 0 Å². The Balaban J connectivity index is 1.48. The maximum atomic E-state index is 13.0. The number of hydrogen-bond acceptors (Lipinski definition) is 3. The molecule has 2 atom stereocenters. The number of hydrogen-bond donors (Lipinski definition) is 1. The summed E-state index contributed by atoms with van der Waals surface area (Å²) in [6.07, 6.45) is 0.374. The molecule has 0 saturated carbocycles. The van der Waals surface area contributed by atoms with Gasteiger partial charge in [-0.15, -0.1) is 0 Å². The molecule has 2 heterocycles. The summed E-state index contributed by atoms with van der Waals surface area (Å²) in [6.45, 7) is 7.59. The molecule has 5 nitrogen and oxygen atoms in total. The van der Waals surface area contributed by atoms with Crippen molar-refractivity contribution in [2.75, 3.05) is 18.0 Å². The maximum Gasteiger partial charge on any atom is 0.251 e. The highest BCUT2D eigenvalue weighted by Crippen LogP contribution is 2.25. The zero-order chi connectivity index (χ0) is 20.5. The average Bonchev–Trinajstić information content (AvgIpc) is 2.69. The predicted molar refractivity (Wildman–Crippen MR) is 117 cm³/mol. The molecular weight excluding hydrogens is 362 g/mol. The molecule has 2 unspecified atom stereocenters. The van der Waals surface area contributed by atoms with Crippen molar-refractivity contribution in [3.8, 4) is 0 Å². The number of piperazine rings is 1. The minimum absolute atomic E-state index is 0.0689. The molecule has 1 saturated heterocycles. The molecule has 3 aromatic rings. The Labute approximate surface area is 171 Å². The van der Waals surface area contributed by atoms with Crippen molar-refractivity contribution in [3.05, 3.63) is 76.1 Å². The van der Waals surface area contributed by atoms with Gasteiger partial charge in [0, 0.05) is 41.9 Å². The summed E-state index contributed by atoms with van der Waals surface area (Å²) in [5.74, 6) is 0.150. The van der Waals surface area contributed by atoms with E-state index in [4.69, 9.17) is 0 Å². The first-order chi connectivity index (χ1) is 13.9. The fourth-order valence-electron chi connectivity index (χ4n) is 4.40. The van der Waals surface area contributed by atoms with Crippen LogP contribution in [0.3, 0.4) is 0 Å². The fraction of sp³-hybridized carbons (Fsp3) is 0.333. The number of fused-ring (bicyclic) bond motifs is 1. The normalized spacial score (nSPS) is 19.6. The van der Waals surface area contributed by atoms with Crippen molar-refractivity contribution in [2.45, 2.75) is 39.3 Å². The van der Waals surface area contributed by atoms with Crippen LogP contribution in [0.15, 0.2) is 59.4 Å². The third-order valence-corrected chi connectivity index (χ3v) is 5.78. The number of aromatic nitrogens is 1. The van der Waals surface area contributed by atoms with E-state index in [9.17, 15) is 9.59 Å². The van der Waals surface area contributed by atoms with Crippen LogP contribution in [-0.2, 0) is 11.2 Å². The summed E-state index contributed by atoms with van der Waals surface area (Å²) >= 11 is 0. The second-order valence-electron chi connectivity index (χ2n) is 8.12. The number of aromatic amines is 1. The lowest BCUT2D eigenvalue weighted by atomic mass is 10.0. The number of rotatable bonds is 3. The number of nitrogens with zero attached hydrogens (tertiary/aromatic N) is 2. The van der Waals surface area contributed by atoms with Crippen molar-refractivity contribution < 1.29 is 4.79 Å². The van der Waals surface area contributed by atoms with Crippen LogP contribution in [0.1, 0.15) is 25.0 Å². The van der Waals surface area contributed by atoms with Crippen LogP contribution in [-0.4, -0.2) is 41.0 Å². The predicted octanol–water partition coefficient (Wildman–Crippen LogP) is 3.50. The van der Waals surface area contributed by atoms with E-state index in [1.807, 2.05) is 35.2 Å². The van der Waals surface area contributed by atoms with Crippen molar-refractivity contribution in [3.63, 3.8) is 0 Å². The molecule has 1 fully saturated rings. The first-order valence-electron chi connectivity index (χ1n) is 10.2. The molecule has 1 aliphatic heterocycles. The van der Waals surface area contributed by atoms with Gasteiger partial charge >= 0.3 is 0 Å². The third-order valence-electron chi connectivity index (χ3n) is 5.78. The van der Waals surface area contributed by atoms with Gasteiger partial charge in [0.25, 0.3) is 5.56 Å². The Morgan fingerprint density at radius 1 is 1.03 bits per heavy atom. The molecule has 1 amide bonds. The molecule has 4 rings (SSSR count). The number of anilines is 1. The maximum absolute atomic E-state index is 13.0. The number of H-pyrrole nitrogens is 1. The van der Waals surface area contributed by atoms with E-state index in [1.165, 1.54) is 5.69 Å². The third kappa shape index (κ3) is 3.90. The topological polar surface area (TPSA) is 56.4 Å². The summed E-state index contributed by atoms with van der Waals surface area (Å²) in [5.41, 5.74) is 3.59. The molecule has 0 aliphatic carbocycles. The van der Waals surface area contributed by atoms with E-state index in [0.717, 1.165) is 29.6 Å². The summed E-state index contributed by atoms with van der Waals surface area (Å²) in [4.78, 5) is 32.0. The highest BCUT2D eigenvalue weighted by molar-refractivity contribution is 5.83. The number of pyridine rings is 1. The lowest BCUT2D eigenvalue weighted by Gasteiger charge is -2.46. The Kier molecular flexibility index (Phi) is 5.14. The Bertz CT molecular complexity index is 1080. The molecule has 1 aromatic heterocycles. The van der Waals surface area contributed by atoms with E-state index in [1.54, 1.807) is 6.92 Å². The number of benzene rings is 2. The van der Waals surface area contributed by atoms with Gasteiger partial charge in [-0.3, -0.25) is 9.59 Å². The van der Waals surface area contributed by atoms with E-state index in [-0.39, 0.29) is 23.6 Å². The van der Waals surface area contributed by atoms with Crippen molar-refractivity contribution >= 4 is 22.5 Å². The smallest absolute Gasteiger partial charge is 0.251 e. The number of para-hydroxylation sites is 1. The van der Waals surface area contributed by atoms with Crippen molar-refractivity contribution in [1.82, 2.24) is 9.88 Å². The lowest BCUT2D eigenvalue weighted by Crippen LogP contribution is -2.58. The van der Waals surface area contributed by atoms with Gasteiger partial charge < -0.3 is 14.8 Å². The van der Waals surface area contributed by atoms with Crippen LogP contribution in [0, 0.1) is 6.92 Å². The van der Waals surface area contributed by atoms with Crippen LogP contribution < -0.4 is 10.5 Å². The Morgan fingerprint density at radius 3 is 2.41 bits per heavy atom. The fourth-order valence-corrected chi connectivity index (χ4v) is 4.40. The van der Waals surface area contributed by atoms with Gasteiger partial charge in [0.2, 0.25) is 5.91 Å². The molecule has 29 heavy (non-hydrogen) atoms. The van der Waals surface area contributed by atoms with Gasteiger partial charge in [-0.25, -0.2) is 0 Å². The van der Waals surface area contributed by atoms with Gasteiger partial charge in [0.05, 0.1) is 6.42 Å². The summed E-state index contributed by atoms with van der Waals surface area (Å²) < 4.78 is 0. The monoisotopic (exact) mass is 389 g/mol. The zero-order valence-corrected chi connectivity index (χ0v) is 17.2. The van der Waals surface area contributed by atoms with Crippen LogP contribution in [0.5, 0.6) is 0 Å². The Morgan fingerprint density at radius 2 is 1.72 bits per heavy atom. The second-order valence-corrected chi connectivity index (χ2v) is 8.12. The van der Waals surface area contributed by atoms with E-state index >= 15 is 0 Å². The van der Waals surface area contributed by atoms with Crippen LogP contribution in [0.25, 0.3) is 10.9 Å². The largest absolute Gasteiger partial charge is 0.363 e. The van der Waals surface area contributed by atoms with Crippen molar-refractivity contribution in [2.24, 2.45) is 0 Å². The number of aryl methyl sites for hydroxylation is 1. The molecular formula is C24H27N3O2. The first-order valence-corrected chi connectivity index (χ1v) is 10.2. The van der Waals surface area contributed by atoms with Gasteiger partial charge in [-0.05, 0) is 62.1 Å². The highest BCUT2D eigenvalue weighted by atomic mass is 16.2. The quantitative estimate of drug-likeness (QED) is 0.746. The SMILES string of the molecule is Cc1cc2cc(CC(=O)N3CC(C)N(c4ccccc4)C(C)C3)ccc2[nH]c1=O. The van der Waals surface area contributed by atoms with Crippen LogP contribution >= 0.6 is 0 Å². The molecule has 5 heteroatoms. The minimum atomic E-state index is -0.0689. The van der Waals surface area contributed by atoms with Gasteiger partial charge in [0.15, 0.2) is 0 Å². The molecule has 2 aromatic carbocycles. The molecule has 0 spiro atoms. The number of nitrogens with one attached hydrogen (secondary N) is 1. The Hall–Kier alpha value is -3.08. The lowest BCUT2D eigenvalue weighted by molar-refractivity contribution is -0.131.